The van der Waals surface area contributed by atoms with Gasteiger partial charge < -0.3 is 5.73 Å². The van der Waals surface area contributed by atoms with Gasteiger partial charge in [0.2, 0.25) is 0 Å². The molecule has 2 N–H and O–H groups in total. The Hall–Kier alpha value is -1.10. The van der Waals surface area contributed by atoms with Gasteiger partial charge in [-0.05, 0) is 24.5 Å². The van der Waals surface area contributed by atoms with E-state index >= 15 is 0 Å². The fraction of sp³-hybridized carbons (Fsp3) is 0.500. The molecule has 0 bridgehead atoms. The summed E-state index contributed by atoms with van der Waals surface area (Å²) >= 11 is 0. The Labute approximate surface area is 90.4 Å². The number of hydrogen-bond donors (Lipinski definition) is 1. The number of sulfone groups is 1. The number of hydrogen-bond acceptors (Lipinski definition) is 4. The van der Waals surface area contributed by atoms with Crippen molar-refractivity contribution in [1.29, 1.82) is 0 Å². The normalized spacial score (nSPS) is 12.0. The van der Waals surface area contributed by atoms with Crippen molar-refractivity contribution in [2.45, 2.75) is 25.3 Å². The molecule has 1 aromatic heterocycles. The molecule has 1 heterocycles. The van der Waals surface area contributed by atoms with E-state index in [1.807, 2.05) is 0 Å². The average molecular weight is 228 g/mol. The molecule has 0 aliphatic rings. The Morgan fingerprint density at radius 1 is 1.40 bits per heavy atom. The fourth-order valence-electron chi connectivity index (χ4n) is 1.32. The summed E-state index contributed by atoms with van der Waals surface area (Å²) in [5.41, 5.74) is 6.54. The SMILES string of the molecule is CC(C)Cc1ccc(N)c(S(C)(=O)=O)n1. The van der Waals surface area contributed by atoms with Crippen molar-refractivity contribution in [2.24, 2.45) is 5.92 Å². The minimum atomic E-state index is -3.33. The highest BCUT2D eigenvalue weighted by Gasteiger charge is 2.14. The molecular formula is C10H16N2O2S. The molecule has 0 amide bonds. The van der Waals surface area contributed by atoms with Crippen LogP contribution in [-0.4, -0.2) is 19.7 Å². The van der Waals surface area contributed by atoms with Crippen molar-refractivity contribution >= 4 is 15.5 Å². The lowest BCUT2D eigenvalue weighted by molar-refractivity contribution is 0.594. The van der Waals surface area contributed by atoms with E-state index in [9.17, 15) is 8.42 Å². The third kappa shape index (κ3) is 3.20. The van der Waals surface area contributed by atoms with E-state index < -0.39 is 9.84 Å². The summed E-state index contributed by atoms with van der Waals surface area (Å²) in [4.78, 5) is 4.07. The van der Waals surface area contributed by atoms with Crippen LogP contribution in [0, 0.1) is 5.92 Å². The molecule has 0 saturated heterocycles. The standard InChI is InChI=1S/C10H16N2O2S/c1-7(2)6-8-4-5-9(11)10(12-8)15(3,13)14/h4-5,7H,6,11H2,1-3H3. The Balaban J connectivity index is 3.18. The maximum Gasteiger partial charge on any atom is 0.194 e. The summed E-state index contributed by atoms with van der Waals surface area (Å²) in [7, 11) is -3.33. The fourth-order valence-corrected chi connectivity index (χ4v) is 2.10. The van der Waals surface area contributed by atoms with Crippen molar-refractivity contribution in [3.8, 4) is 0 Å². The topological polar surface area (TPSA) is 73.1 Å². The monoisotopic (exact) mass is 228 g/mol. The zero-order chi connectivity index (χ0) is 11.6. The van der Waals surface area contributed by atoms with Gasteiger partial charge in [0.15, 0.2) is 14.9 Å². The molecule has 4 nitrogen and oxygen atoms in total. The van der Waals surface area contributed by atoms with E-state index in [1.54, 1.807) is 12.1 Å². The molecule has 0 aromatic carbocycles. The van der Waals surface area contributed by atoms with Crippen LogP contribution in [0.1, 0.15) is 19.5 Å². The van der Waals surface area contributed by atoms with E-state index in [4.69, 9.17) is 5.73 Å². The van der Waals surface area contributed by atoms with Crippen LogP contribution in [0.2, 0.25) is 0 Å². The van der Waals surface area contributed by atoms with Crippen LogP contribution in [0.5, 0.6) is 0 Å². The maximum absolute atomic E-state index is 11.3. The van der Waals surface area contributed by atoms with Crippen molar-refractivity contribution in [3.05, 3.63) is 17.8 Å². The summed E-state index contributed by atoms with van der Waals surface area (Å²) in [6.45, 7) is 4.11. The maximum atomic E-state index is 11.3. The van der Waals surface area contributed by atoms with Crippen molar-refractivity contribution in [2.75, 3.05) is 12.0 Å². The van der Waals surface area contributed by atoms with Crippen LogP contribution in [0.3, 0.4) is 0 Å². The Morgan fingerprint density at radius 2 is 2.00 bits per heavy atom. The van der Waals surface area contributed by atoms with Crippen LogP contribution in [0.4, 0.5) is 5.69 Å². The first kappa shape index (κ1) is 12.0. The second kappa shape index (κ2) is 4.18. The van der Waals surface area contributed by atoms with Gasteiger partial charge in [-0.1, -0.05) is 13.8 Å². The van der Waals surface area contributed by atoms with Crippen molar-refractivity contribution in [3.63, 3.8) is 0 Å². The number of pyridine rings is 1. The first-order valence-corrected chi connectivity index (χ1v) is 6.65. The molecule has 1 rings (SSSR count). The first-order valence-electron chi connectivity index (χ1n) is 4.76. The molecule has 1 aromatic rings. The lowest BCUT2D eigenvalue weighted by Gasteiger charge is -2.07. The molecule has 5 heteroatoms. The number of nitrogens with zero attached hydrogens (tertiary/aromatic N) is 1. The zero-order valence-corrected chi connectivity index (χ0v) is 10.0. The average Bonchev–Trinajstić information content (AvgIpc) is 2.05. The van der Waals surface area contributed by atoms with Gasteiger partial charge in [0, 0.05) is 11.9 Å². The summed E-state index contributed by atoms with van der Waals surface area (Å²) in [5, 5.41) is -0.0133. The van der Waals surface area contributed by atoms with E-state index in [-0.39, 0.29) is 10.7 Å². The quantitative estimate of drug-likeness (QED) is 0.845. The van der Waals surface area contributed by atoms with Crippen molar-refractivity contribution < 1.29 is 8.42 Å². The second-order valence-corrected chi connectivity index (χ2v) is 6.00. The van der Waals surface area contributed by atoms with Crippen LogP contribution in [-0.2, 0) is 16.3 Å². The molecule has 0 spiro atoms. The summed E-state index contributed by atoms with van der Waals surface area (Å²) in [5.74, 6) is 0.438. The lowest BCUT2D eigenvalue weighted by atomic mass is 10.1. The Morgan fingerprint density at radius 3 is 2.47 bits per heavy atom. The number of aromatic nitrogens is 1. The molecule has 0 atom stereocenters. The predicted octanol–water partition coefficient (Wildman–Crippen LogP) is 1.27. The molecule has 0 radical (unpaired) electrons. The molecule has 0 unspecified atom stereocenters. The molecule has 84 valence electrons. The van der Waals surface area contributed by atoms with Gasteiger partial charge >= 0.3 is 0 Å². The highest BCUT2D eigenvalue weighted by atomic mass is 32.2. The minimum absolute atomic E-state index is 0.0133. The molecule has 15 heavy (non-hydrogen) atoms. The summed E-state index contributed by atoms with van der Waals surface area (Å²) < 4.78 is 22.7. The van der Waals surface area contributed by atoms with E-state index in [2.05, 4.69) is 18.8 Å². The molecule has 0 fully saturated rings. The van der Waals surface area contributed by atoms with Gasteiger partial charge in [-0.15, -0.1) is 0 Å². The van der Waals surface area contributed by atoms with E-state index in [0.717, 1.165) is 18.4 Å². The van der Waals surface area contributed by atoms with E-state index in [1.165, 1.54) is 0 Å². The van der Waals surface area contributed by atoms with Gasteiger partial charge in [0.05, 0.1) is 5.69 Å². The van der Waals surface area contributed by atoms with Gasteiger partial charge in [0.1, 0.15) is 0 Å². The Kier molecular flexibility index (Phi) is 3.34. The van der Waals surface area contributed by atoms with Gasteiger partial charge in [0.25, 0.3) is 0 Å². The second-order valence-electron chi connectivity index (χ2n) is 4.07. The van der Waals surface area contributed by atoms with Crippen LogP contribution in [0.15, 0.2) is 17.2 Å². The molecule has 0 aliphatic heterocycles. The highest BCUT2D eigenvalue weighted by Crippen LogP contribution is 2.17. The van der Waals surface area contributed by atoms with Crippen molar-refractivity contribution in [1.82, 2.24) is 4.98 Å². The molecular weight excluding hydrogens is 212 g/mol. The Bertz CT molecular complexity index is 452. The largest absolute Gasteiger partial charge is 0.396 e. The van der Waals surface area contributed by atoms with Crippen LogP contribution in [0.25, 0.3) is 0 Å². The minimum Gasteiger partial charge on any atom is -0.396 e. The highest BCUT2D eigenvalue weighted by molar-refractivity contribution is 7.90. The van der Waals surface area contributed by atoms with Gasteiger partial charge in [-0.2, -0.15) is 0 Å². The lowest BCUT2D eigenvalue weighted by Crippen LogP contribution is -2.08. The van der Waals surface area contributed by atoms with Crippen LogP contribution >= 0.6 is 0 Å². The smallest absolute Gasteiger partial charge is 0.194 e. The number of nitrogen functional groups attached to an aromatic ring is 1. The third-order valence-corrected chi connectivity index (χ3v) is 2.95. The van der Waals surface area contributed by atoms with Gasteiger partial charge in [-0.25, -0.2) is 13.4 Å². The first-order chi connectivity index (χ1) is 6.80. The zero-order valence-electron chi connectivity index (χ0n) is 9.19. The summed E-state index contributed by atoms with van der Waals surface area (Å²) in [6, 6.07) is 3.37. The number of rotatable bonds is 3. The molecule has 0 saturated carbocycles. The van der Waals surface area contributed by atoms with Crippen LogP contribution < -0.4 is 5.73 Å². The summed E-state index contributed by atoms with van der Waals surface area (Å²) in [6.07, 6.45) is 1.87. The molecule has 0 aliphatic carbocycles. The predicted molar refractivity (Wildman–Crippen MR) is 60.3 cm³/mol. The van der Waals surface area contributed by atoms with E-state index in [0.29, 0.717) is 5.92 Å². The number of anilines is 1. The third-order valence-electron chi connectivity index (χ3n) is 1.92. The van der Waals surface area contributed by atoms with Gasteiger partial charge in [-0.3, -0.25) is 0 Å². The number of nitrogens with two attached hydrogens (primary N) is 1.